The second-order valence-corrected chi connectivity index (χ2v) is 9.53. The van der Waals surface area contributed by atoms with Crippen LogP contribution in [0.3, 0.4) is 0 Å². The molecule has 1 heterocycles. The van der Waals surface area contributed by atoms with Crippen molar-refractivity contribution >= 4 is 11.9 Å². The first-order valence-corrected chi connectivity index (χ1v) is 10.9. The van der Waals surface area contributed by atoms with E-state index in [2.05, 4.69) is 54.2 Å². The molecule has 6 heteroatoms. The standard InChI is InChI=1S/C23H34N4O2/c1-25(2)23(19-9-4-3-5-10-19)13-11-22(12-14-23)17-26(16-20(24)28)21(29)27(22)15-18-7-6-8-18/h3-5,9-10,18H,6-8,11-17H2,1-2H3,(H2,24,28)/t22-,23+. The molecule has 3 fully saturated rings. The van der Waals surface area contributed by atoms with Crippen LogP contribution >= 0.6 is 0 Å². The van der Waals surface area contributed by atoms with E-state index < -0.39 is 5.91 Å². The van der Waals surface area contributed by atoms with Crippen molar-refractivity contribution in [3.63, 3.8) is 0 Å². The highest BCUT2D eigenvalue weighted by Crippen LogP contribution is 2.49. The molecule has 0 unspecified atom stereocenters. The van der Waals surface area contributed by atoms with Gasteiger partial charge in [-0.2, -0.15) is 0 Å². The molecule has 0 atom stereocenters. The first kappa shape index (κ1) is 20.2. The topological polar surface area (TPSA) is 69.9 Å². The Labute approximate surface area is 174 Å². The fraction of sp³-hybridized carbons (Fsp3) is 0.652. The van der Waals surface area contributed by atoms with Gasteiger partial charge in [0.1, 0.15) is 6.54 Å². The van der Waals surface area contributed by atoms with E-state index >= 15 is 0 Å². The van der Waals surface area contributed by atoms with Crippen molar-refractivity contribution in [2.45, 2.75) is 56.0 Å². The molecule has 0 bridgehead atoms. The lowest BCUT2D eigenvalue weighted by Crippen LogP contribution is -2.56. The molecule has 29 heavy (non-hydrogen) atoms. The number of carbonyl (C=O) groups is 2. The average molecular weight is 399 g/mol. The van der Waals surface area contributed by atoms with Gasteiger partial charge in [0, 0.05) is 18.6 Å². The van der Waals surface area contributed by atoms with E-state index in [0.29, 0.717) is 12.5 Å². The van der Waals surface area contributed by atoms with Crippen molar-refractivity contribution in [2.75, 3.05) is 33.7 Å². The molecule has 1 spiro atoms. The Morgan fingerprint density at radius 2 is 1.79 bits per heavy atom. The molecule has 4 rings (SSSR count). The Morgan fingerprint density at radius 1 is 1.14 bits per heavy atom. The van der Waals surface area contributed by atoms with Crippen LogP contribution in [0.15, 0.2) is 30.3 Å². The number of carbonyl (C=O) groups excluding carboxylic acids is 2. The maximum atomic E-state index is 13.2. The van der Waals surface area contributed by atoms with Gasteiger partial charge in [0.2, 0.25) is 5.91 Å². The Balaban J connectivity index is 1.59. The second-order valence-electron chi connectivity index (χ2n) is 9.53. The molecule has 1 saturated heterocycles. The van der Waals surface area contributed by atoms with Crippen molar-refractivity contribution in [3.8, 4) is 0 Å². The lowest BCUT2D eigenvalue weighted by Gasteiger charge is -2.51. The molecule has 158 valence electrons. The Kier molecular flexibility index (Phi) is 5.32. The van der Waals surface area contributed by atoms with E-state index in [1.165, 1.54) is 24.8 Å². The van der Waals surface area contributed by atoms with Gasteiger partial charge in [0.25, 0.3) is 0 Å². The van der Waals surface area contributed by atoms with Gasteiger partial charge in [-0.05, 0) is 64.1 Å². The van der Waals surface area contributed by atoms with Crippen LogP contribution in [-0.4, -0.2) is 65.9 Å². The lowest BCUT2D eigenvalue weighted by atomic mass is 9.68. The van der Waals surface area contributed by atoms with Crippen LogP contribution < -0.4 is 5.73 Å². The molecule has 3 aliphatic rings. The maximum Gasteiger partial charge on any atom is 0.321 e. The number of urea groups is 1. The van der Waals surface area contributed by atoms with Gasteiger partial charge in [-0.25, -0.2) is 4.79 Å². The number of rotatable bonds is 6. The third kappa shape index (κ3) is 3.52. The molecular formula is C23H34N4O2. The summed E-state index contributed by atoms with van der Waals surface area (Å²) >= 11 is 0. The smallest absolute Gasteiger partial charge is 0.321 e. The summed E-state index contributed by atoms with van der Waals surface area (Å²) in [6.45, 7) is 1.48. The zero-order valence-electron chi connectivity index (χ0n) is 17.8. The van der Waals surface area contributed by atoms with Gasteiger partial charge in [0.05, 0.1) is 5.54 Å². The fourth-order valence-corrected chi connectivity index (χ4v) is 5.70. The number of hydrogen-bond donors (Lipinski definition) is 1. The highest BCUT2D eigenvalue weighted by atomic mass is 16.2. The SMILES string of the molecule is CN(C)[C@]1(c2ccccc2)CC[C@]2(CC1)CN(CC(N)=O)C(=O)N2CC1CCC1. The summed E-state index contributed by atoms with van der Waals surface area (Å²) in [5, 5.41) is 0. The Morgan fingerprint density at radius 3 is 2.31 bits per heavy atom. The number of benzene rings is 1. The van der Waals surface area contributed by atoms with E-state index in [-0.39, 0.29) is 23.7 Å². The Hall–Kier alpha value is -2.08. The molecular weight excluding hydrogens is 364 g/mol. The Bertz CT molecular complexity index is 751. The molecule has 0 radical (unpaired) electrons. The summed E-state index contributed by atoms with van der Waals surface area (Å²) in [5.41, 5.74) is 6.61. The van der Waals surface area contributed by atoms with Crippen LogP contribution in [0.25, 0.3) is 0 Å². The van der Waals surface area contributed by atoms with E-state index in [0.717, 1.165) is 32.2 Å². The summed E-state index contributed by atoms with van der Waals surface area (Å²) in [7, 11) is 4.33. The number of amides is 3. The van der Waals surface area contributed by atoms with Crippen LogP contribution in [0.2, 0.25) is 0 Å². The third-order valence-corrected chi connectivity index (χ3v) is 7.75. The minimum absolute atomic E-state index is 0.00515. The number of primary amides is 1. The van der Waals surface area contributed by atoms with Crippen LogP contribution in [0.1, 0.15) is 50.5 Å². The summed E-state index contributed by atoms with van der Waals surface area (Å²) in [5.74, 6) is 0.181. The van der Waals surface area contributed by atoms with E-state index in [9.17, 15) is 9.59 Å². The average Bonchev–Trinajstić information content (AvgIpc) is 2.90. The van der Waals surface area contributed by atoms with Gasteiger partial charge in [-0.1, -0.05) is 36.8 Å². The summed E-state index contributed by atoms with van der Waals surface area (Å²) in [6, 6.07) is 10.7. The molecule has 0 aromatic heterocycles. The minimum Gasteiger partial charge on any atom is -0.368 e. The number of hydrogen-bond acceptors (Lipinski definition) is 3. The van der Waals surface area contributed by atoms with Crippen LogP contribution in [0.5, 0.6) is 0 Å². The third-order valence-electron chi connectivity index (χ3n) is 7.75. The van der Waals surface area contributed by atoms with Crippen LogP contribution in [-0.2, 0) is 10.3 Å². The predicted molar refractivity (Wildman–Crippen MR) is 113 cm³/mol. The monoisotopic (exact) mass is 398 g/mol. The van der Waals surface area contributed by atoms with Gasteiger partial charge in [0.15, 0.2) is 0 Å². The lowest BCUT2D eigenvalue weighted by molar-refractivity contribution is -0.118. The van der Waals surface area contributed by atoms with Gasteiger partial charge >= 0.3 is 6.03 Å². The number of nitrogens with zero attached hydrogens (tertiary/aromatic N) is 3. The van der Waals surface area contributed by atoms with Gasteiger partial charge in [-0.3, -0.25) is 9.69 Å². The molecule has 1 aromatic rings. The van der Waals surface area contributed by atoms with Crippen LogP contribution in [0.4, 0.5) is 4.79 Å². The molecule has 2 saturated carbocycles. The quantitative estimate of drug-likeness (QED) is 0.801. The van der Waals surface area contributed by atoms with Gasteiger partial charge in [-0.15, -0.1) is 0 Å². The molecule has 2 N–H and O–H groups in total. The van der Waals surface area contributed by atoms with Gasteiger partial charge < -0.3 is 15.5 Å². The van der Waals surface area contributed by atoms with E-state index in [1.54, 1.807) is 4.90 Å². The van der Waals surface area contributed by atoms with Crippen molar-refractivity contribution in [2.24, 2.45) is 11.7 Å². The normalized spacial score (nSPS) is 30.2. The zero-order valence-corrected chi connectivity index (χ0v) is 17.8. The summed E-state index contributed by atoms with van der Waals surface area (Å²) < 4.78 is 0. The molecule has 6 nitrogen and oxygen atoms in total. The van der Waals surface area contributed by atoms with Crippen LogP contribution in [0, 0.1) is 5.92 Å². The minimum atomic E-state index is -0.429. The molecule has 2 aliphatic carbocycles. The first-order valence-electron chi connectivity index (χ1n) is 10.9. The highest BCUT2D eigenvalue weighted by molar-refractivity contribution is 5.85. The van der Waals surface area contributed by atoms with Crippen molar-refractivity contribution in [1.82, 2.24) is 14.7 Å². The zero-order chi connectivity index (χ0) is 20.6. The van der Waals surface area contributed by atoms with Crippen molar-refractivity contribution < 1.29 is 9.59 Å². The summed E-state index contributed by atoms with van der Waals surface area (Å²) in [6.07, 6.45) is 7.60. The number of nitrogens with two attached hydrogens (primary N) is 1. The predicted octanol–water partition coefficient (Wildman–Crippen LogP) is 2.78. The first-order chi connectivity index (χ1) is 13.9. The highest BCUT2D eigenvalue weighted by Gasteiger charge is 2.55. The molecule has 1 aromatic carbocycles. The van der Waals surface area contributed by atoms with Crippen molar-refractivity contribution in [1.29, 1.82) is 0 Å². The van der Waals surface area contributed by atoms with E-state index in [4.69, 9.17) is 5.73 Å². The fourth-order valence-electron chi connectivity index (χ4n) is 5.70. The molecule has 3 amide bonds. The van der Waals surface area contributed by atoms with Crippen molar-refractivity contribution in [3.05, 3.63) is 35.9 Å². The second kappa shape index (κ2) is 7.63. The van der Waals surface area contributed by atoms with E-state index in [1.807, 2.05) is 0 Å². The maximum absolute atomic E-state index is 13.2. The molecule has 1 aliphatic heterocycles. The largest absolute Gasteiger partial charge is 0.368 e. The summed E-state index contributed by atoms with van der Waals surface area (Å²) in [4.78, 5) is 30.9.